The Bertz CT molecular complexity index is 1560. The molecule has 80 heavy (non-hydrogen) atoms. The van der Waals surface area contributed by atoms with Gasteiger partial charge in [-0.15, -0.1) is 0 Å². The molecule has 0 spiro atoms. The van der Waals surface area contributed by atoms with E-state index in [9.17, 15) is 14.4 Å². The molecule has 0 aromatic carbocycles. The Morgan fingerprint density at radius 1 is 0.263 bits per heavy atom. The maximum Gasteiger partial charge on any atom is 0.306 e. The zero-order valence-corrected chi connectivity index (χ0v) is 52.8. The van der Waals surface area contributed by atoms with Crippen LogP contribution < -0.4 is 0 Å². The molecule has 0 aliphatic rings. The molecule has 0 aliphatic heterocycles. The second-order valence-corrected chi connectivity index (χ2v) is 22.7. The van der Waals surface area contributed by atoms with Crippen molar-refractivity contribution in [1.82, 2.24) is 0 Å². The Morgan fingerprint density at radius 3 is 0.787 bits per heavy atom. The van der Waals surface area contributed by atoms with Gasteiger partial charge >= 0.3 is 17.9 Å². The highest BCUT2D eigenvalue weighted by Gasteiger charge is 2.19. The fourth-order valence-electron chi connectivity index (χ4n) is 9.71. The monoisotopic (exact) mass is 1110 g/mol. The second kappa shape index (κ2) is 67.8. The first-order valence-corrected chi connectivity index (χ1v) is 34.2. The minimum atomic E-state index is -0.783. The molecular weight excluding hydrogens is 985 g/mol. The van der Waals surface area contributed by atoms with E-state index in [-0.39, 0.29) is 31.1 Å². The molecule has 0 saturated heterocycles. The zero-order chi connectivity index (χ0) is 57.8. The van der Waals surface area contributed by atoms with Crippen LogP contribution in [0.2, 0.25) is 0 Å². The van der Waals surface area contributed by atoms with E-state index in [1.165, 1.54) is 173 Å². The van der Waals surface area contributed by atoms with Crippen LogP contribution in [0.25, 0.3) is 0 Å². The lowest BCUT2D eigenvalue weighted by Gasteiger charge is -2.18. The van der Waals surface area contributed by atoms with Gasteiger partial charge in [-0.2, -0.15) is 0 Å². The van der Waals surface area contributed by atoms with Crippen molar-refractivity contribution in [3.8, 4) is 0 Å². The molecular formula is C74H128O6. The van der Waals surface area contributed by atoms with Crippen molar-refractivity contribution in [3.05, 3.63) is 97.2 Å². The van der Waals surface area contributed by atoms with Crippen molar-refractivity contribution in [2.45, 2.75) is 341 Å². The summed E-state index contributed by atoms with van der Waals surface area (Å²) in [5.74, 6) is -0.878. The van der Waals surface area contributed by atoms with Gasteiger partial charge < -0.3 is 14.2 Å². The van der Waals surface area contributed by atoms with Gasteiger partial charge in [0.2, 0.25) is 0 Å². The number of esters is 3. The van der Waals surface area contributed by atoms with Crippen LogP contribution >= 0.6 is 0 Å². The number of carbonyl (C=O) groups is 3. The Balaban J connectivity index is 4.19. The van der Waals surface area contributed by atoms with Gasteiger partial charge in [0, 0.05) is 19.3 Å². The fraction of sp³-hybridized carbons (Fsp3) is 0.743. The van der Waals surface area contributed by atoms with Crippen LogP contribution in [0.3, 0.4) is 0 Å². The molecule has 0 N–H and O–H groups in total. The highest BCUT2D eigenvalue weighted by molar-refractivity contribution is 5.71. The average molecular weight is 1110 g/mol. The van der Waals surface area contributed by atoms with Crippen molar-refractivity contribution in [2.75, 3.05) is 13.2 Å². The number of carbonyl (C=O) groups excluding carboxylic acids is 3. The number of allylic oxidation sites excluding steroid dienone is 16. The lowest BCUT2D eigenvalue weighted by molar-refractivity contribution is -0.167. The smallest absolute Gasteiger partial charge is 0.306 e. The maximum absolute atomic E-state index is 12.9. The molecule has 0 amide bonds. The normalized spacial score (nSPS) is 12.7. The molecule has 6 nitrogen and oxygen atoms in total. The van der Waals surface area contributed by atoms with Crippen LogP contribution in [-0.2, 0) is 28.6 Å². The first-order valence-electron chi connectivity index (χ1n) is 34.2. The van der Waals surface area contributed by atoms with Crippen LogP contribution in [0, 0.1) is 0 Å². The topological polar surface area (TPSA) is 78.9 Å². The van der Waals surface area contributed by atoms with Gasteiger partial charge in [-0.25, -0.2) is 0 Å². The van der Waals surface area contributed by atoms with Gasteiger partial charge in [0.1, 0.15) is 13.2 Å². The molecule has 0 aromatic heterocycles. The molecule has 1 atom stereocenters. The molecule has 0 fully saturated rings. The van der Waals surface area contributed by atoms with Gasteiger partial charge in [-0.3, -0.25) is 14.4 Å². The van der Waals surface area contributed by atoms with Crippen LogP contribution in [0.15, 0.2) is 97.2 Å². The molecule has 0 rings (SSSR count). The van der Waals surface area contributed by atoms with Gasteiger partial charge in [-0.05, 0) is 103 Å². The van der Waals surface area contributed by atoms with Gasteiger partial charge in [-0.1, -0.05) is 311 Å². The van der Waals surface area contributed by atoms with E-state index in [1.54, 1.807) is 0 Å². The van der Waals surface area contributed by atoms with E-state index in [0.29, 0.717) is 19.3 Å². The van der Waals surface area contributed by atoms with E-state index in [0.717, 1.165) is 122 Å². The van der Waals surface area contributed by atoms with Crippen LogP contribution in [-0.4, -0.2) is 37.2 Å². The van der Waals surface area contributed by atoms with E-state index < -0.39 is 6.10 Å². The third kappa shape index (κ3) is 65.1. The lowest BCUT2D eigenvalue weighted by Crippen LogP contribution is -2.30. The molecule has 0 saturated carbocycles. The summed E-state index contributed by atoms with van der Waals surface area (Å²) in [4.78, 5) is 38.3. The quantitative estimate of drug-likeness (QED) is 0.0261. The number of ether oxygens (including phenoxy) is 3. The van der Waals surface area contributed by atoms with E-state index >= 15 is 0 Å². The molecule has 0 radical (unpaired) electrons. The number of hydrogen-bond acceptors (Lipinski definition) is 6. The van der Waals surface area contributed by atoms with E-state index in [1.807, 2.05) is 0 Å². The summed E-state index contributed by atoms with van der Waals surface area (Å²) in [6, 6.07) is 0. The van der Waals surface area contributed by atoms with Crippen LogP contribution in [0.4, 0.5) is 0 Å². The summed E-state index contributed by atoms with van der Waals surface area (Å²) < 4.78 is 16.9. The minimum Gasteiger partial charge on any atom is -0.462 e. The minimum absolute atomic E-state index is 0.0784. The maximum atomic E-state index is 12.9. The van der Waals surface area contributed by atoms with Gasteiger partial charge in [0.25, 0.3) is 0 Å². The summed E-state index contributed by atoms with van der Waals surface area (Å²) in [6.45, 7) is 6.52. The number of hydrogen-bond donors (Lipinski definition) is 0. The lowest BCUT2D eigenvalue weighted by atomic mass is 10.0. The predicted octanol–water partition coefficient (Wildman–Crippen LogP) is 23.6. The standard InChI is InChI=1S/C74H128O6/c1-4-7-10-13-16-19-22-25-28-29-30-31-32-33-34-35-36-37-38-39-40-41-42-43-44-45-47-49-52-55-58-61-64-67-73(76)79-70-71(69-78-72(75)66-63-60-57-54-51-48-27-24-21-18-15-12-9-6-3)80-74(77)68-65-62-59-56-53-50-46-26-23-20-17-14-11-8-5-2/h7,10,16-17,19-20,25-26,28,30-31,33-34,36-37,46,71H,4-6,8-9,11-15,18,21-24,27,29,32,35,38-45,47-70H2,1-3H3/b10-7-,19-16-,20-17-,28-25-,31-30-,34-33-,37-36-,46-26-. The average Bonchev–Trinajstić information content (AvgIpc) is 3.46. The third-order valence-corrected chi connectivity index (χ3v) is 14.8. The Hall–Kier alpha value is -3.67. The van der Waals surface area contributed by atoms with Crippen LogP contribution in [0.1, 0.15) is 335 Å². The van der Waals surface area contributed by atoms with Crippen molar-refractivity contribution in [2.24, 2.45) is 0 Å². The molecule has 1 unspecified atom stereocenters. The Morgan fingerprint density at radius 2 is 0.487 bits per heavy atom. The van der Waals surface area contributed by atoms with Gasteiger partial charge in [0.15, 0.2) is 6.10 Å². The molecule has 0 heterocycles. The van der Waals surface area contributed by atoms with Crippen molar-refractivity contribution < 1.29 is 28.6 Å². The third-order valence-electron chi connectivity index (χ3n) is 14.8. The molecule has 6 heteroatoms. The summed E-state index contributed by atoms with van der Waals surface area (Å²) in [7, 11) is 0. The summed E-state index contributed by atoms with van der Waals surface area (Å²) in [5.41, 5.74) is 0. The first-order chi connectivity index (χ1) is 39.5. The predicted molar refractivity (Wildman–Crippen MR) is 348 cm³/mol. The molecule has 0 aromatic rings. The highest BCUT2D eigenvalue weighted by Crippen LogP contribution is 2.17. The van der Waals surface area contributed by atoms with Crippen molar-refractivity contribution >= 4 is 17.9 Å². The number of rotatable bonds is 62. The SMILES string of the molecule is CC/C=C\C/C=C\C/C=C\C/C=C\C/C=C\C/C=C\CCCCCCCCCCCCCCCCC(=O)OCC(COC(=O)CCCCCCCCCCCCCCCC)OC(=O)CCCCCCC/C=C\C/C=C\CCCCC. The summed E-state index contributed by atoms with van der Waals surface area (Å²) >= 11 is 0. The summed E-state index contributed by atoms with van der Waals surface area (Å²) in [6.07, 6.45) is 91.4. The highest BCUT2D eigenvalue weighted by atomic mass is 16.6. The van der Waals surface area contributed by atoms with E-state index in [2.05, 4.69) is 118 Å². The largest absolute Gasteiger partial charge is 0.462 e. The molecule has 460 valence electrons. The Kier molecular flexibility index (Phi) is 64.7. The van der Waals surface area contributed by atoms with E-state index in [4.69, 9.17) is 14.2 Å². The first kappa shape index (κ1) is 76.3. The fourth-order valence-corrected chi connectivity index (χ4v) is 9.71. The summed E-state index contributed by atoms with van der Waals surface area (Å²) in [5, 5.41) is 0. The Labute approximate surface area is 496 Å². The van der Waals surface area contributed by atoms with Crippen molar-refractivity contribution in [1.29, 1.82) is 0 Å². The zero-order valence-electron chi connectivity index (χ0n) is 52.8. The molecule has 0 aliphatic carbocycles. The molecule has 0 bridgehead atoms. The van der Waals surface area contributed by atoms with Gasteiger partial charge in [0.05, 0.1) is 0 Å². The van der Waals surface area contributed by atoms with Crippen molar-refractivity contribution in [3.63, 3.8) is 0 Å². The second-order valence-electron chi connectivity index (χ2n) is 22.7. The van der Waals surface area contributed by atoms with Crippen LogP contribution in [0.5, 0.6) is 0 Å². The number of unbranched alkanes of at least 4 members (excludes halogenated alkanes) is 35.